The number of fused-ring (bicyclic) bond motifs is 1. The summed E-state index contributed by atoms with van der Waals surface area (Å²) in [6, 6.07) is 7.76. The molecule has 29 heavy (non-hydrogen) atoms. The first-order chi connectivity index (χ1) is 13.8. The maximum Gasteiger partial charge on any atom is 0.416 e. The summed E-state index contributed by atoms with van der Waals surface area (Å²) in [6.07, 6.45) is 0.726. The van der Waals surface area contributed by atoms with Crippen LogP contribution in [-0.2, 0) is 12.6 Å². The Morgan fingerprint density at radius 2 is 2.00 bits per heavy atom. The van der Waals surface area contributed by atoms with E-state index in [2.05, 4.69) is 10.1 Å². The molecule has 0 atom stereocenters. The molecular weight excluding hydrogens is 385 g/mol. The molecule has 0 unspecified atom stereocenters. The first kappa shape index (κ1) is 18.9. The fourth-order valence-electron chi connectivity index (χ4n) is 3.19. The number of rotatable bonds is 4. The molecule has 3 heterocycles. The first-order valence-corrected chi connectivity index (χ1v) is 8.81. The Kier molecular flexibility index (Phi) is 4.65. The van der Waals surface area contributed by atoms with Gasteiger partial charge in [0.05, 0.1) is 35.2 Å². The summed E-state index contributed by atoms with van der Waals surface area (Å²) in [5.74, 6) is -0.922. The molecule has 0 N–H and O–H groups in total. The second-order valence-corrected chi connectivity index (χ2v) is 6.62. The maximum atomic E-state index is 12.9. The van der Waals surface area contributed by atoms with Crippen LogP contribution in [0.4, 0.5) is 13.2 Å². The number of alkyl halides is 3. The van der Waals surface area contributed by atoms with E-state index in [1.807, 2.05) is 0 Å². The van der Waals surface area contributed by atoms with Crippen LogP contribution in [0.15, 0.2) is 55.0 Å². The van der Waals surface area contributed by atoms with Crippen LogP contribution in [-0.4, -0.2) is 44.4 Å². The Hall–Kier alpha value is -3.49. The van der Waals surface area contributed by atoms with Gasteiger partial charge in [0.25, 0.3) is 5.91 Å². The van der Waals surface area contributed by atoms with E-state index in [0.717, 1.165) is 12.1 Å². The first-order valence-electron chi connectivity index (χ1n) is 8.81. The van der Waals surface area contributed by atoms with Gasteiger partial charge in [0.2, 0.25) is 0 Å². The van der Waals surface area contributed by atoms with E-state index in [4.69, 9.17) is 0 Å². The van der Waals surface area contributed by atoms with E-state index in [1.165, 1.54) is 17.0 Å². The van der Waals surface area contributed by atoms with E-state index in [0.29, 0.717) is 23.4 Å². The van der Waals surface area contributed by atoms with Gasteiger partial charge in [0.1, 0.15) is 0 Å². The predicted octanol–water partition coefficient (Wildman–Crippen LogP) is 3.17. The van der Waals surface area contributed by atoms with Gasteiger partial charge in [-0.3, -0.25) is 14.6 Å². The average Bonchev–Trinajstić information content (AvgIpc) is 3.15. The van der Waals surface area contributed by atoms with Crippen LogP contribution in [0.5, 0.6) is 0 Å². The van der Waals surface area contributed by atoms with Gasteiger partial charge in [-0.25, -0.2) is 4.68 Å². The number of benzene rings is 1. The summed E-state index contributed by atoms with van der Waals surface area (Å²) >= 11 is 0. The van der Waals surface area contributed by atoms with Crippen molar-refractivity contribution in [1.29, 1.82) is 0 Å². The molecule has 2 aromatic heterocycles. The van der Waals surface area contributed by atoms with E-state index in [-0.39, 0.29) is 24.6 Å². The monoisotopic (exact) mass is 400 g/mol. The lowest BCUT2D eigenvalue weighted by Gasteiger charge is -2.25. The predicted molar refractivity (Wildman–Crippen MR) is 96.7 cm³/mol. The van der Waals surface area contributed by atoms with Gasteiger partial charge in [0, 0.05) is 30.9 Å². The fraction of sp³-hybridized carbons (Fsp3) is 0.200. The Balaban J connectivity index is 1.53. The van der Waals surface area contributed by atoms with Crippen molar-refractivity contribution in [3.63, 3.8) is 0 Å². The molecular formula is C20H15F3N4O2. The number of carbonyl (C=O) groups excluding carboxylic acids is 2. The summed E-state index contributed by atoms with van der Waals surface area (Å²) in [5, 5.41) is 4.40. The van der Waals surface area contributed by atoms with Gasteiger partial charge in [-0.05, 0) is 24.3 Å². The summed E-state index contributed by atoms with van der Waals surface area (Å²) in [7, 11) is 0. The Morgan fingerprint density at radius 3 is 2.72 bits per heavy atom. The molecule has 9 heteroatoms. The second-order valence-electron chi connectivity index (χ2n) is 6.62. The third-order valence-corrected chi connectivity index (χ3v) is 4.68. The van der Waals surface area contributed by atoms with Gasteiger partial charge in [-0.2, -0.15) is 18.3 Å². The van der Waals surface area contributed by atoms with Crippen LogP contribution >= 0.6 is 0 Å². The van der Waals surface area contributed by atoms with Crippen molar-refractivity contribution in [3.8, 4) is 5.69 Å². The quantitative estimate of drug-likeness (QED) is 0.631. The number of halogens is 3. The number of aromatic nitrogens is 3. The van der Waals surface area contributed by atoms with E-state index >= 15 is 0 Å². The Labute approximate surface area is 163 Å². The topological polar surface area (TPSA) is 68.1 Å². The minimum Gasteiger partial charge on any atom is -0.330 e. The number of carbonyl (C=O) groups is 2. The smallest absolute Gasteiger partial charge is 0.330 e. The molecule has 1 aliphatic heterocycles. The van der Waals surface area contributed by atoms with Crippen molar-refractivity contribution in [2.75, 3.05) is 13.1 Å². The molecule has 0 spiro atoms. The van der Waals surface area contributed by atoms with Crippen LogP contribution in [0.2, 0.25) is 0 Å². The Bertz CT molecular complexity index is 1080. The number of ketones is 1. The third kappa shape index (κ3) is 3.75. The lowest BCUT2D eigenvalue weighted by atomic mass is 10.0. The molecule has 148 valence electrons. The minimum atomic E-state index is -4.53. The highest BCUT2D eigenvalue weighted by Gasteiger charge is 2.32. The molecule has 4 rings (SSSR count). The van der Waals surface area contributed by atoms with Crippen LogP contribution in [0.25, 0.3) is 5.69 Å². The summed E-state index contributed by atoms with van der Waals surface area (Å²) in [5.41, 5.74) is 0.706. The van der Waals surface area contributed by atoms with Crippen molar-refractivity contribution >= 4 is 11.7 Å². The van der Waals surface area contributed by atoms with Gasteiger partial charge < -0.3 is 4.90 Å². The number of nitrogens with zero attached hydrogens (tertiary/aromatic N) is 4. The van der Waals surface area contributed by atoms with Gasteiger partial charge in [0.15, 0.2) is 5.78 Å². The molecule has 0 aliphatic carbocycles. The van der Waals surface area contributed by atoms with Crippen molar-refractivity contribution in [3.05, 3.63) is 77.4 Å². The molecule has 1 amide bonds. The minimum absolute atomic E-state index is 0.0792. The van der Waals surface area contributed by atoms with Gasteiger partial charge in [-0.15, -0.1) is 0 Å². The molecule has 1 aromatic carbocycles. The van der Waals surface area contributed by atoms with Crippen molar-refractivity contribution in [2.45, 2.75) is 12.6 Å². The summed E-state index contributed by atoms with van der Waals surface area (Å²) < 4.78 is 40.2. The van der Waals surface area contributed by atoms with E-state index in [1.54, 1.807) is 35.4 Å². The standard InChI is InChI=1S/C20H15F3N4O2/c21-20(22,23)14-4-1-3-13(9-14)18(28)12-26-8-6-17-16(19(26)29)11-27(25-17)15-5-2-7-24-10-15/h1-5,7,9-11H,6,8,12H2. The molecule has 1 aliphatic rings. The molecule has 0 saturated carbocycles. The lowest BCUT2D eigenvalue weighted by molar-refractivity contribution is -0.137. The number of pyridine rings is 1. The van der Waals surface area contributed by atoms with Crippen LogP contribution < -0.4 is 0 Å². The van der Waals surface area contributed by atoms with Crippen molar-refractivity contribution in [2.24, 2.45) is 0 Å². The number of hydrogen-bond donors (Lipinski definition) is 0. The Morgan fingerprint density at radius 1 is 1.17 bits per heavy atom. The molecule has 0 fully saturated rings. The average molecular weight is 400 g/mol. The zero-order valence-corrected chi connectivity index (χ0v) is 15.1. The van der Waals surface area contributed by atoms with E-state index in [9.17, 15) is 22.8 Å². The fourth-order valence-corrected chi connectivity index (χ4v) is 3.19. The second kappa shape index (κ2) is 7.16. The van der Waals surface area contributed by atoms with Crippen molar-refractivity contribution in [1.82, 2.24) is 19.7 Å². The van der Waals surface area contributed by atoms with Gasteiger partial charge >= 0.3 is 6.18 Å². The van der Waals surface area contributed by atoms with Crippen LogP contribution in [0, 0.1) is 0 Å². The van der Waals surface area contributed by atoms with Crippen molar-refractivity contribution < 1.29 is 22.8 Å². The molecule has 0 radical (unpaired) electrons. The summed E-state index contributed by atoms with van der Waals surface area (Å²) in [6.45, 7) is -0.0295. The molecule has 0 bridgehead atoms. The third-order valence-electron chi connectivity index (χ3n) is 4.68. The zero-order valence-electron chi connectivity index (χ0n) is 15.1. The molecule has 6 nitrogen and oxygen atoms in total. The lowest BCUT2D eigenvalue weighted by Crippen LogP contribution is -2.40. The van der Waals surface area contributed by atoms with Crippen LogP contribution in [0.1, 0.15) is 32.0 Å². The largest absolute Gasteiger partial charge is 0.416 e. The van der Waals surface area contributed by atoms with Crippen LogP contribution in [0.3, 0.4) is 0 Å². The SMILES string of the molecule is O=C(CN1CCc2nn(-c3cccnc3)cc2C1=O)c1cccc(C(F)(F)F)c1. The number of Topliss-reactive ketones (excluding diaryl/α,β-unsaturated/α-hetero) is 1. The summed E-state index contributed by atoms with van der Waals surface area (Å²) in [4.78, 5) is 30.6. The molecule has 0 saturated heterocycles. The normalized spacial score (nSPS) is 14.0. The van der Waals surface area contributed by atoms with Gasteiger partial charge in [-0.1, -0.05) is 12.1 Å². The zero-order chi connectivity index (χ0) is 20.6. The number of hydrogen-bond acceptors (Lipinski definition) is 4. The highest BCUT2D eigenvalue weighted by Crippen LogP contribution is 2.29. The highest BCUT2D eigenvalue weighted by atomic mass is 19.4. The highest BCUT2D eigenvalue weighted by molar-refractivity contribution is 6.03. The van der Waals surface area contributed by atoms with E-state index < -0.39 is 17.5 Å². The molecule has 3 aromatic rings. The number of amides is 1. The maximum absolute atomic E-state index is 12.9.